The van der Waals surface area contributed by atoms with E-state index in [0.29, 0.717) is 6.07 Å². The normalized spacial score (nSPS) is 16.8. The van der Waals surface area contributed by atoms with Crippen molar-refractivity contribution in [2.24, 2.45) is 0 Å². The lowest BCUT2D eigenvalue weighted by Gasteiger charge is -2.24. The number of nitrogen functional groups attached to an aromatic ring is 2. The van der Waals surface area contributed by atoms with Crippen LogP contribution in [0.5, 0.6) is 0 Å². The van der Waals surface area contributed by atoms with Gasteiger partial charge in [0.05, 0.1) is 22.5 Å². The van der Waals surface area contributed by atoms with E-state index < -0.39 is 57.2 Å². The van der Waals surface area contributed by atoms with Crippen LogP contribution < -0.4 is 11.5 Å². The first-order chi connectivity index (χ1) is 13.3. The molecule has 0 heterocycles. The predicted molar refractivity (Wildman–Crippen MR) is 97.2 cm³/mol. The molecule has 5 N–H and O–H groups in total. The maximum atomic E-state index is 14.7. The molecule has 1 fully saturated rings. The Balaban J connectivity index is 2.07. The quantitative estimate of drug-likeness (QED) is 0.478. The maximum Gasteiger partial charge on any atom is 0.304 e. The Bertz CT molecular complexity index is 999. The first-order valence-electron chi connectivity index (χ1n) is 8.62. The van der Waals surface area contributed by atoms with Crippen molar-refractivity contribution in [3.63, 3.8) is 0 Å². The Kier molecular flexibility index (Phi) is 4.85. The summed E-state index contributed by atoms with van der Waals surface area (Å²) in [5.74, 6) is -10.5. The molecule has 0 aromatic heterocycles. The molecule has 0 bridgehead atoms. The Hall–Kier alpha value is -2.68. The fourth-order valence-corrected chi connectivity index (χ4v) is 3.01. The molecule has 2 aromatic rings. The van der Waals surface area contributed by atoms with E-state index in [1.165, 1.54) is 0 Å². The molecule has 3 rings (SSSR count). The summed E-state index contributed by atoms with van der Waals surface area (Å²) >= 11 is 0. The number of hydrogen-bond acceptors (Lipinski definition) is 3. The summed E-state index contributed by atoms with van der Waals surface area (Å²) in [5.41, 5.74) is 4.09. The molecular formula is C20H18F6N2O. The number of nitrogens with two attached hydrogens (primary N) is 2. The minimum Gasteiger partial charge on any atom is -0.396 e. The van der Waals surface area contributed by atoms with Crippen LogP contribution >= 0.6 is 0 Å². The molecule has 0 amide bonds. The fraction of sp³-hybridized carbons (Fsp3) is 0.300. The van der Waals surface area contributed by atoms with Crippen LogP contribution in [0, 0.1) is 11.6 Å². The van der Waals surface area contributed by atoms with Crippen molar-refractivity contribution in [2.45, 2.75) is 37.2 Å². The first-order valence-corrected chi connectivity index (χ1v) is 8.62. The summed E-state index contributed by atoms with van der Waals surface area (Å²) in [6.07, 6.45) is 0.339. The maximum absolute atomic E-state index is 14.7. The lowest BCUT2D eigenvalue weighted by Crippen LogP contribution is -2.34. The molecule has 156 valence electrons. The zero-order valence-corrected chi connectivity index (χ0v) is 15.2. The van der Waals surface area contributed by atoms with Gasteiger partial charge in [0.15, 0.2) is 11.6 Å². The topological polar surface area (TPSA) is 72.3 Å². The highest BCUT2D eigenvalue weighted by Gasteiger charge is 2.63. The van der Waals surface area contributed by atoms with Gasteiger partial charge in [0.2, 0.25) is 0 Å². The van der Waals surface area contributed by atoms with Crippen molar-refractivity contribution in [3.8, 4) is 0 Å². The van der Waals surface area contributed by atoms with Crippen molar-refractivity contribution in [1.29, 1.82) is 0 Å². The third-order valence-corrected chi connectivity index (χ3v) is 5.01. The molecule has 0 aliphatic heterocycles. The standard InChI is InChI=1S/C20H18F6N2O/c1-10(19(23,24)12-3-2-4-14(27)16(12)21)7-11-8-13(17(22)15(28)9-11)20(25,26)18(29)5-6-18/h2-4,7-9,29H,5-6,27-28H2,1H3/b10-7+. The van der Waals surface area contributed by atoms with Gasteiger partial charge < -0.3 is 16.6 Å². The molecular weight excluding hydrogens is 398 g/mol. The summed E-state index contributed by atoms with van der Waals surface area (Å²) in [5, 5.41) is 9.79. The zero-order valence-electron chi connectivity index (χ0n) is 15.2. The smallest absolute Gasteiger partial charge is 0.304 e. The molecule has 1 saturated carbocycles. The largest absolute Gasteiger partial charge is 0.396 e. The second-order valence-electron chi connectivity index (χ2n) is 7.19. The lowest BCUT2D eigenvalue weighted by molar-refractivity contribution is -0.134. The third kappa shape index (κ3) is 3.43. The van der Waals surface area contributed by atoms with Crippen LogP contribution in [0.1, 0.15) is 36.5 Å². The third-order valence-electron chi connectivity index (χ3n) is 5.01. The van der Waals surface area contributed by atoms with Gasteiger partial charge >= 0.3 is 5.92 Å². The number of allylic oxidation sites excluding steroid dienone is 1. The number of hydrogen-bond donors (Lipinski definition) is 3. The van der Waals surface area contributed by atoms with Gasteiger partial charge in [-0.1, -0.05) is 6.07 Å². The lowest BCUT2D eigenvalue weighted by atomic mass is 9.95. The minimum atomic E-state index is -3.95. The average molecular weight is 416 g/mol. The van der Waals surface area contributed by atoms with E-state index in [9.17, 15) is 31.4 Å². The zero-order chi connectivity index (χ0) is 21.8. The number of alkyl halides is 4. The van der Waals surface area contributed by atoms with Crippen molar-refractivity contribution >= 4 is 17.5 Å². The molecule has 0 atom stereocenters. The second kappa shape index (κ2) is 6.69. The Labute approximate surface area is 162 Å². The molecule has 0 radical (unpaired) electrons. The van der Waals surface area contributed by atoms with Gasteiger partial charge in [-0.05, 0) is 55.7 Å². The van der Waals surface area contributed by atoms with E-state index in [4.69, 9.17) is 11.5 Å². The van der Waals surface area contributed by atoms with E-state index in [2.05, 4.69) is 0 Å². The molecule has 0 unspecified atom stereocenters. The van der Waals surface area contributed by atoms with Crippen LogP contribution in [0.25, 0.3) is 6.08 Å². The summed E-state index contributed by atoms with van der Waals surface area (Å²) in [6.45, 7) is 0.967. The number of halogens is 6. The summed E-state index contributed by atoms with van der Waals surface area (Å²) < 4.78 is 86.7. The van der Waals surface area contributed by atoms with Gasteiger partial charge in [-0.15, -0.1) is 0 Å². The number of benzene rings is 2. The fourth-order valence-electron chi connectivity index (χ4n) is 3.01. The van der Waals surface area contributed by atoms with Crippen LogP contribution in [0.15, 0.2) is 35.9 Å². The van der Waals surface area contributed by atoms with E-state index >= 15 is 0 Å². The van der Waals surface area contributed by atoms with Crippen molar-refractivity contribution in [2.75, 3.05) is 11.5 Å². The molecule has 0 saturated heterocycles. The predicted octanol–water partition coefficient (Wildman–Crippen LogP) is 4.94. The molecule has 1 aliphatic rings. The van der Waals surface area contributed by atoms with Gasteiger partial charge in [-0.3, -0.25) is 0 Å². The molecule has 9 heteroatoms. The highest BCUT2D eigenvalue weighted by atomic mass is 19.3. The number of anilines is 2. The van der Waals surface area contributed by atoms with Crippen molar-refractivity contribution in [1.82, 2.24) is 0 Å². The van der Waals surface area contributed by atoms with E-state index in [1.54, 1.807) is 0 Å². The van der Waals surface area contributed by atoms with Crippen LogP contribution in [0.3, 0.4) is 0 Å². The summed E-state index contributed by atoms with van der Waals surface area (Å²) in [7, 11) is 0. The Morgan fingerprint density at radius 3 is 2.17 bits per heavy atom. The number of aliphatic hydroxyl groups is 1. The molecule has 0 spiro atoms. The van der Waals surface area contributed by atoms with Gasteiger partial charge in [0, 0.05) is 5.57 Å². The summed E-state index contributed by atoms with van der Waals surface area (Å²) in [4.78, 5) is 0. The van der Waals surface area contributed by atoms with Gasteiger partial charge in [0.1, 0.15) is 5.60 Å². The SMILES string of the molecule is C/C(=C\c1cc(N)c(F)c(C(F)(F)C2(O)CC2)c1)C(F)(F)c1cccc(N)c1F. The van der Waals surface area contributed by atoms with Crippen molar-refractivity contribution < 1.29 is 31.4 Å². The van der Waals surface area contributed by atoms with E-state index in [-0.39, 0.29) is 18.4 Å². The Morgan fingerprint density at radius 2 is 1.59 bits per heavy atom. The highest BCUT2D eigenvalue weighted by molar-refractivity contribution is 5.63. The average Bonchev–Trinajstić information content (AvgIpc) is 3.39. The highest BCUT2D eigenvalue weighted by Crippen LogP contribution is 2.54. The Morgan fingerprint density at radius 1 is 1.00 bits per heavy atom. The van der Waals surface area contributed by atoms with Crippen LogP contribution in [-0.2, 0) is 11.8 Å². The second-order valence-corrected chi connectivity index (χ2v) is 7.19. The molecule has 3 nitrogen and oxygen atoms in total. The minimum absolute atomic E-state index is 0.231. The van der Waals surface area contributed by atoms with E-state index in [1.807, 2.05) is 0 Å². The van der Waals surface area contributed by atoms with Crippen LogP contribution in [0.2, 0.25) is 0 Å². The molecule has 1 aliphatic carbocycles. The van der Waals surface area contributed by atoms with E-state index in [0.717, 1.165) is 37.3 Å². The monoisotopic (exact) mass is 416 g/mol. The first kappa shape index (κ1) is 21.0. The number of rotatable bonds is 5. The van der Waals surface area contributed by atoms with Gasteiger partial charge in [0.25, 0.3) is 5.92 Å². The van der Waals surface area contributed by atoms with Gasteiger partial charge in [-0.2, -0.15) is 17.6 Å². The van der Waals surface area contributed by atoms with Crippen molar-refractivity contribution in [3.05, 3.63) is 64.2 Å². The molecule has 29 heavy (non-hydrogen) atoms. The van der Waals surface area contributed by atoms with Crippen LogP contribution in [0.4, 0.5) is 37.7 Å². The summed E-state index contributed by atoms with van der Waals surface area (Å²) in [6, 6.07) is 4.67. The molecule has 2 aromatic carbocycles. The van der Waals surface area contributed by atoms with Gasteiger partial charge in [-0.25, -0.2) is 8.78 Å². The van der Waals surface area contributed by atoms with Crippen LogP contribution in [-0.4, -0.2) is 10.7 Å².